The molecular weight excluding hydrogens is 401 g/mol. The number of hydrogen-bond donors (Lipinski definition) is 2. The van der Waals surface area contributed by atoms with Crippen molar-refractivity contribution < 1.29 is 13.9 Å². The first-order chi connectivity index (χ1) is 14.8. The minimum Gasteiger partial charge on any atom is -0.477 e. The molecule has 1 atom stereocenters. The third kappa shape index (κ3) is 3.41. The number of rotatable bonds is 0. The summed E-state index contributed by atoms with van der Waals surface area (Å²) in [6.07, 6.45) is 4.62. The van der Waals surface area contributed by atoms with Crippen LogP contribution in [-0.2, 0) is 0 Å². The van der Waals surface area contributed by atoms with Crippen molar-refractivity contribution in [1.29, 1.82) is 0 Å². The number of carbonyl (C=O) groups excluding carboxylic acids is 1. The number of nitrogens with two attached hydrogens (primary N) is 1. The zero-order valence-electron chi connectivity index (χ0n) is 17.4. The number of pyridine rings is 1. The summed E-state index contributed by atoms with van der Waals surface area (Å²) in [6, 6.07) is 3.17. The van der Waals surface area contributed by atoms with Gasteiger partial charge in [0.2, 0.25) is 5.88 Å². The number of ether oxygens (including phenoxy) is 1. The van der Waals surface area contributed by atoms with Crippen molar-refractivity contribution in [2.24, 2.45) is 5.41 Å². The standard InChI is InChI=1S/C21H24FN7O2/c1-21(2)10-25-19(30)16-17(23)27-29-7-5-15(26-18(16)29)28-6-3-4-14(28)13-8-12(22)9-24-20(13)31-11-21/h5,7-9,14H,3-4,6,10-11H2,1-2H3,(H2,23,27)(H,25,30). The second kappa shape index (κ2) is 7.07. The summed E-state index contributed by atoms with van der Waals surface area (Å²) in [5, 5.41) is 7.15. The first-order valence-electron chi connectivity index (χ1n) is 10.3. The van der Waals surface area contributed by atoms with Crippen molar-refractivity contribution in [2.75, 3.05) is 30.3 Å². The van der Waals surface area contributed by atoms with Gasteiger partial charge in [-0.2, -0.15) is 0 Å². The van der Waals surface area contributed by atoms with Crippen LogP contribution in [0.15, 0.2) is 24.5 Å². The predicted molar refractivity (Wildman–Crippen MR) is 113 cm³/mol. The van der Waals surface area contributed by atoms with Gasteiger partial charge in [0.1, 0.15) is 17.2 Å². The lowest BCUT2D eigenvalue weighted by Gasteiger charge is -2.29. The van der Waals surface area contributed by atoms with Crippen LogP contribution < -0.4 is 20.7 Å². The third-order valence-electron chi connectivity index (χ3n) is 5.80. The molecule has 5 rings (SSSR count). The molecule has 10 heteroatoms. The van der Waals surface area contributed by atoms with Crippen molar-refractivity contribution in [1.82, 2.24) is 24.9 Å². The molecule has 3 N–H and O–H groups in total. The topological polar surface area (TPSA) is 111 Å². The van der Waals surface area contributed by atoms with Gasteiger partial charge < -0.3 is 20.7 Å². The molecule has 5 heterocycles. The van der Waals surface area contributed by atoms with E-state index in [-0.39, 0.29) is 23.3 Å². The Hall–Kier alpha value is -3.43. The molecule has 9 nitrogen and oxygen atoms in total. The number of hydrogen-bond acceptors (Lipinski definition) is 7. The summed E-state index contributed by atoms with van der Waals surface area (Å²) >= 11 is 0. The van der Waals surface area contributed by atoms with Crippen molar-refractivity contribution in [2.45, 2.75) is 32.7 Å². The largest absolute Gasteiger partial charge is 0.477 e. The minimum absolute atomic E-state index is 0.123. The lowest BCUT2D eigenvalue weighted by molar-refractivity contribution is 0.0919. The molecule has 1 unspecified atom stereocenters. The molecule has 1 fully saturated rings. The van der Waals surface area contributed by atoms with E-state index in [2.05, 4.69) is 20.3 Å². The Morgan fingerprint density at radius 2 is 2.23 bits per heavy atom. The molecule has 2 aliphatic rings. The number of nitrogen functional groups attached to an aromatic ring is 1. The zero-order valence-corrected chi connectivity index (χ0v) is 17.4. The van der Waals surface area contributed by atoms with Gasteiger partial charge in [0.15, 0.2) is 11.5 Å². The molecule has 1 amide bonds. The van der Waals surface area contributed by atoms with E-state index >= 15 is 0 Å². The van der Waals surface area contributed by atoms with E-state index in [4.69, 9.17) is 15.5 Å². The molecule has 162 valence electrons. The van der Waals surface area contributed by atoms with Crippen LogP contribution in [0.4, 0.5) is 16.0 Å². The molecule has 1 saturated heterocycles. The Kier molecular flexibility index (Phi) is 4.45. The molecule has 0 spiro atoms. The molecule has 0 saturated carbocycles. The van der Waals surface area contributed by atoms with Gasteiger partial charge in [-0.25, -0.2) is 18.9 Å². The van der Waals surface area contributed by atoms with Crippen LogP contribution in [0.3, 0.4) is 0 Å². The van der Waals surface area contributed by atoms with Crippen LogP contribution in [0.25, 0.3) is 5.65 Å². The number of fused-ring (bicyclic) bond motifs is 5. The van der Waals surface area contributed by atoms with Gasteiger partial charge in [0.05, 0.1) is 18.8 Å². The quantitative estimate of drug-likeness (QED) is 0.569. The smallest absolute Gasteiger partial charge is 0.258 e. The van der Waals surface area contributed by atoms with Gasteiger partial charge in [0, 0.05) is 30.3 Å². The van der Waals surface area contributed by atoms with E-state index in [9.17, 15) is 9.18 Å². The highest BCUT2D eigenvalue weighted by molar-refractivity contribution is 6.04. The fraction of sp³-hybridized carbons (Fsp3) is 0.429. The number of amides is 1. The van der Waals surface area contributed by atoms with Gasteiger partial charge in [0.25, 0.3) is 5.91 Å². The number of carbonyl (C=O) groups is 1. The fourth-order valence-corrected chi connectivity index (χ4v) is 4.20. The van der Waals surface area contributed by atoms with E-state index < -0.39 is 11.2 Å². The summed E-state index contributed by atoms with van der Waals surface area (Å²) in [6.45, 7) is 5.32. The maximum absolute atomic E-state index is 14.2. The Labute approximate surface area is 178 Å². The Balaban J connectivity index is 1.69. The van der Waals surface area contributed by atoms with Crippen molar-refractivity contribution >= 4 is 23.2 Å². The summed E-state index contributed by atoms with van der Waals surface area (Å²) in [5.41, 5.74) is 6.99. The van der Waals surface area contributed by atoms with E-state index in [1.165, 1.54) is 16.8 Å². The van der Waals surface area contributed by atoms with Crippen LogP contribution in [0.1, 0.15) is 48.7 Å². The highest BCUT2D eigenvalue weighted by atomic mass is 19.1. The monoisotopic (exact) mass is 425 g/mol. The highest BCUT2D eigenvalue weighted by Crippen LogP contribution is 2.39. The number of nitrogens with zero attached hydrogens (tertiary/aromatic N) is 5. The Bertz CT molecular complexity index is 1180. The molecule has 31 heavy (non-hydrogen) atoms. The van der Waals surface area contributed by atoms with E-state index in [1.807, 2.05) is 19.9 Å². The molecule has 3 aromatic heterocycles. The van der Waals surface area contributed by atoms with Crippen LogP contribution in [0, 0.1) is 11.2 Å². The van der Waals surface area contributed by atoms with Gasteiger partial charge in [-0.05, 0) is 25.0 Å². The number of nitrogens with one attached hydrogen (secondary N) is 1. The molecule has 2 bridgehead atoms. The second-order valence-electron chi connectivity index (χ2n) is 8.85. The average molecular weight is 425 g/mol. The second-order valence-corrected chi connectivity index (χ2v) is 8.85. The molecule has 0 aromatic carbocycles. The van der Waals surface area contributed by atoms with Crippen LogP contribution >= 0.6 is 0 Å². The van der Waals surface area contributed by atoms with Crippen LogP contribution in [0.5, 0.6) is 5.88 Å². The van der Waals surface area contributed by atoms with Gasteiger partial charge in [-0.3, -0.25) is 4.79 Å². The fourth-order valence-electron chi connectivity index (χ4n) is 4.20. The third-order valence-corrected chi connectivity index (χ3v) is 5.80. The normalized spacial score (nSPS) is 20.7. The summed E-state index contributed by atoms with van der Waals surface area (Å²) in [7, 11) is 0. The maximum atomic E-state index is 14.2. The lowest BCUT2D eigenvalue weighted by atomic mass is 9.94. The maximum Gasteiger partial charge on any atom is 0.258 e. The van der Waals surface area contributed by atoms with Crippen molar-refractivity contribution in [3.63, 3.8) is 0 Å². The van der Waals surface area contributed by atoms with Crippen LogP contribution in [0.2, 0.25) is 0 Å². The van der Waals surface area contributed by atoms with Crippen molar-refractivity contribution in [3.8, 4) is 5.88 Å². The Morgan fingerprint density at radius 3 is 3.06 bits per heavy atom. The van der Waals surface area contributed by atoms with Gasteiger partial charge in [-0.15, -0.1) is 5.10 Å². The lowest BCUT2D eigenvalue weighted by Crippen LogP contribution is -2.38. The predicted octanol–water partition coefficient (Wildman–Crippen LogP) is 2.34. The summed E-state index contributed by atoms with van der Waals surface area (Å²) in [5.74, 6) is 0.455. The zero-order chi connectivity index (χ0) is 21.8. The highest BCUT2D eigenvalue weighted by Gasteiger charge is 2.33. The molecule has 0 aliphatic carbocycles. The molecule has 0 radical (unpaired) electrons. The Morgan fingerprint density at radius 1 is 1.39 bits per heavy atom. The number of aromatic nitrogens is 4. The molecule has 2 aliphatic heterocycles. The summed E-state index contributed by atoms with van der Waals surface area (Å²) < 4.78 is 21.7. The van der Waals surface area contributed by atoms with E-state index in [0.29, 0.717) is 36.1 Å². The van der Waals surface area contributed by atoms with E-state index in [1.54, 1.807) is 6.20 Å². The summed E-state index contributed by atoms with van der Waals surface area (Å²) in [4.78, 5) is 24.0. The van der Waals surface area contributed by atoms with Gasteiger partial charge >= 0.3 is 0 Å². The first kappa shape index (κ1) is 19.5. The minimum atomic E-state index is -0.406. The van der Waals surface area contributed by atoms with Crippen LogP contribution in [-0.4, -0.2) is 45.2 Å². The van der Waals surface area contributed by atoms with E-state index in [0.717, 1.165) is 19.4 Å². The van der Waals surface area contributed by atoms with Gasteiger partial charge in [-0.1, -0.05) is 13.8 Å². The molecular formula is C21H24FN7O2. The molecule has 3 aromatic rings. The average Bonchev–Trinajstić information content (AvgIpc) is 3.34. The number of anilines is 2. The SMILES string of the molecule is CC1(C)CNC(=O)c2c(N)nn3ccc(nc23)N2CCCC2c2cc(F)cnc2OC1. The van der Waals surface area contributed by atoms with Crippen molar-refractivity contribution in [3.05, 3.63) is 41.5 Å². The first-order valence-corrected chi connectivity index (χ1v) is 10.3. The number of halogens is 1.